The van der Waals surface area contributed by atoms with E-state index in [9.17, 15) is 9.59 Å². The monoisotopic (exact) mass is 243 g/mol. The fourth-order valence-electron chi connectivity index (χ4n) is 2.02. The first kappa shape index (κ1) is 11.0. The number of nitrogens with one attached hydrogen (secondary N) is 1. The van der Waals surface area contributed by atoms with Crippen LogP contribution in [0, 0.1) is 0 Å². The molecule has 0 aliphatic heterocycles. The third kappa shape index (κ3) is 1.99. The van der Waals surface area contributed by atoms with Crippen LogP contribution in [0.15, 0.2) is 24.5 Å². The summed E-state index contributed by atoms with van der Waals surface area (Å²) in [5.41, 5.74) is 1.24. The molecule has 2 heterocycles. The molecule has 92 valence electrons. The predicted octanol–water partition coefficient (Wildman–Crippen LogP) is 1.13. The van der Waals surface area contributed by atoms with E-state index in [-0.39, 0.29) is 12.5 Å². The first-order valence-corrected chi connectivity index (χ1v) is 5.96. The van der Waals surface area contributed by atoms with E-state index in [1.807, 2.05) is 6.07 Å². The Bertz CT molecular complexity index is 614. The zero-order chi connectivity index (χ0) is 12.5. The standard InChI is InChI=1S/C13H13N3O2/c17-8-9-6-16(7-12(18)15-10-3-4-10)13-11(9)2-1-5-14-13/h1-2,5-6,8,10H,3-4,7H2,(H,15,18). The van der Waals surface area contributed by atoms with Crippen molar-refractivity contribution in [3.8, 4) is 0 Å². The topological polar surface area (TPSA) is 64.0 Å². The number of pyridine rings is 1. The molecule has 1 amide bonds. The van der Waals surface area contributed by atoms with E-state index in [4.69, 9.17) is 0 Å². The number of fused-ring (bicyclic) bond motifs is 1. The molecule has 0 saturated heterocycles. The third-order valence-electron chi connectivity index (χ3n) is 3.05. The summed E-state index contributed by atoms with van der Waals surface area (Å²) in [6.07, 6.45) is 6.26. The van der Waals surface area contributed by atoms with Crippen molar-refractivity contribution in [2.75, 3.05) is 0 Å². The maximum Gasteiger partial charge on any atom is 0.240 e. The van der Waals surface area contributed by atoms with Gasteiger partial charge in [-0.2, -0.15) is 0 Å². The number of hydrogen-bond acceptors (Lipinski definition) is 3. The van der Waals surface area contributed by atoms with E-state index in [2.05, 4.69) is 10.3 Å². The molecule has 1 aliphatic rings. The molecular weight excluding hydrogens is 230 g/mol. The van der Waals surface area contributed by atoms with Crippen LogP contribution in [-0.2, 0) is 11.3 Å². The molecule has 0 unspecified atom stereocenters. The van der Waals surface area contributed by atoms with E-state index in [0.29, 0.717) is 17.3 Å². The predicted molar refractivity (Wildman–Crippen MR) is 66.3 cm³/mol. The van der Waals surface area contributed by atoms with Gasteiger partial charge in [-0.05, 0) is 25.0 Å². The van der Waals surface area contributed by atoms with Crippen molar-refractivity contribution in [3.05, 3.63) is 30.1 Å². The Morgan fingerprint density at radius 2 is 2.39 bits per heavy atom. The van der Waals surface area contributed by atoms with Gasteiger partial charge in [-0.25, -0.2) is 4.98 Å². The van der Waals surface area contributed by atoms with Crippen molar-refractivity contribution >= 4 is 23.2 Å². The van der Waals surface area contributed by atoms with Gasteiger partial charge in [-0.1, -0.05) is 0 Å². The minimum atomic E-state index is -0.0301. The number of aromatic nitrogens is 2. The van der Waals surface area contributed by atoms with Crippen LogP contribution in [0.4, 0.5) is 0 Å². The van der Waals surface area contributed by atoms with Gasteiger partial charge in [0.15, 0.2) is 6.29 Å². The molecule has 3 rings (SSSR count). The fourth-order valence-corrected chi connectivity index (χ4v) is 2.02. The van der Waals surface area contributed by atoms with Gasteiger partial charge in [-0.3, -0.25) is 9.59 Å². The fraction of sp³-hybridized carbons (Fsp3) is 0.308. The largest absolute Gasteiger partial charge is 0.352 e. The molecule has 1 fully saturated rings. The van der Waals surface area contributed by atoms with Crippen LogP contribution < -0.4 is 5.32 Å². The van der Waals surface area contributed by atoms with Crippen molar-refractivity contribution in [2.24, 2.45) is 0 Å². The van der Waals surface area contributed by atoms with Crippen LogP contribution in [0.5, 0.6) is 0 Å². The van der Waals surface area contributed by atoms with Crippen molar-refractivity contribution < 1.29 is 9.59 Å². The quantitative estimate of drug-likeness (QED) is 0.819. The second-order valence-corrected chi connectivity index (χ2v) is 4.55. The minimum Gasteiger partial charge on any atom is -0.352 e. The second kappa shape index (κ2) is 4.25. The highest BCUT2D eigenvalue weighted by Crippen LogP contribution is 2.20. The van der Waals surface area contributed by atoms with Crippen LogP contribution in [0.1, 0.15) is 23.2 Å². The van der Waals surface area contributed by atoms with Gasteiger partial charge in [0.05, 0.1) is 0 Å². The van der Waals surface area contributed by atoms with Crippen molar-refractivity contribution in [1.29, 1.82) is 0 Å². The number of hydrogen-bond donors (Lipinski definition) is 1. The molecule has 2 aromatic rings. The molecule has 0 atom stereocenters. The average Bonchev–Trinajstić information content (AvgIpc) is 3.11. The van der Waals surface area contributed by atoms with Gasteiger partial charge >= 0.3 is 0 Å². The molecular formula is C13H13N3O2. The number of carbonyl (C=O) groups is 2. The molecule has 0 radical (unpaired) electrons. The highest BCUT2D eigenvalue weighted by atomic mass is 16.2. The summed E-state index contributed by atoms with van der Waals surface area (Å²) < 4.78 is 1.72. The lowest BCUT2D eigenvalue weighted by Gasteiger charge is -2.05. The lowest BCUT2D eigenvalue weighted by molar-refractivity contribution is -0.121. The lowest BCUT2D eigenvalue weighted by Crippen LogP contribution is -2.29. The van der Waals surface area contributed by atoms with Crippen molar-refractivity contribution in [1.82, 2.24) is 14.9 Å². The molecule has 0 spiro atoms. The first-order valence-electron chi connectivity index (χ1n) is 5.96. The van der Waals surface area contributed by atoms with E-state index in [1.54, 1.807) is 23.0 Å². The Balaban J connectivity index is 1.90. The average molecular weight is 243 g/mol. The number of aldehydes is 1. The van der Waals surface area contributed by atoms with Gasteiger partial charge in [0.25, 0.3) is 0 Å². The maximum atomic E-state index is 11.8. The van der Waals surface area contributed by atoms with Crippen LogP contribution in [0.2, 0.25) is 0 Å². The summed E-state index contributed by atoms with van der Waals surface area (Å²) in [6.45, 7) is 0.206. The Morgan fingerprint density at radius 3 is 3.11 bits per heavy atom. The summed E-state index contributed by atoms with van der Waals surface area (Å²) in [7, 11) is 0. The number of carbonyl (C=O) groups excluding carboxylic acids is 2. The van der Waals surface area contributed by atoms with Gasteiger partial charge in [-0.15, -0.1) is 0 Å². The molecule has 1 N–H and O–H groups in total. The van der Waals surface area contributed by atoms with Crippen LogP contribution in [0.25, 0.3) is 11.0 Å². The molecule has 5 nitrogen and oxygen atoms in total. The summed E-state index contributed by atoms with van der Waals surface area (Å²) in [6, 6.07) is 3.96. The Labute approximate surface area is 104 Å². The summed E-state index contributed by atoms with van der Waals surface area (Å²) >= 11 is 0. The normalized spacial score (nSPS) is 14.7. The SMILES string of the molecule is O=Cc1cn(CC(=O)NC2CC2)c2ncccc12. The molecule has 1 aliphatic carbocycles. The third-order valence-corrected chi connectivity index (χ3v) is 3.05. The maximum absolute atomic E-state index is 11.8. The zero-order valence-corrected chi connectivity index (χ0v) is 9.80. The van der Waals surface area contributed by atoms with E-state index in [1.165, 1.54) is 0 Å². The minimum absolute atomic E-state index is 0.0301. The summed E-state index contributed by atoms with van der Waals surface area (Å²) in [5, 5.41) is 3.70. The van der Waals surface area contributed by atoms with E-state index in [0.717, 1.165) is 24.5 Å². The highest BCUT2D eigenvalue weighted by molar-refractivity contribution is 5.96. The Hall–Kier alpha value is -2.17. The summed E-state index contributed by atoms with van der Waals surface area (Å²) in [5.74, 6) is -0.0301. The number of nitrogens with zero attached hydrogens (tertiary/aromatic N) is 2. The molecule has 18 heavy (non-hydrogen) atoms. The lowest BCUT2D eigenvalue weighted by atomic mass is 10.2. The van der Waals surface area contributed by atoms with Gasteiger partial charge in [0.1, 0.15) is 12.2 Å². The summed E-state index contributed by atoms with van der Waals surface area (Å²) in [4.78, 5) is 26.9. The van der Waals surface area contributed by atoms with E-state index < -0.39 is 0 Å². The second-order valence-electron chi connectivity index (χ2n) is 4.55. The van der Waals surface area contributed by atoms with Crippen LogP contribution in [-0.4, -0.2) is 27.8 Å². The highest BCUT2D eigenvalue weighted by Gasteiger charge is 2.23. The molecule has 0 aromatic carbocycles. The van der Waals surface area contributed by atoms with Crippen LogP contribution in [0.3, 0.4) is 0 Å². The Morgan fingerprint density at radius 1 is 1.56 bits per heavy atom. The van der Waals surface area contributed by atoms with Gasteiger partial charge in [0, 0.05) is 29.4 Å². The van der Waals surface area contributed by atoms with Crippen LogP contribution >= 0.6 is 0 Å². The smallest absolute Gasteiger partial charge is 0.240 e. The number of rotatable bonds is 4. The number of amides is 1. The van der Waals surface area contributed by atoms with Crippen molar-refractivity contribution in [2.45, 2.75) is 25.4 Å². The molecule has 1 saturated carbocycles. The zero-order valence-electron chi connectivity index (χ0n) is 9.80. The van der Waals surface area contributed by atoms with Gasteiger partial charge < -0.3 is 9.88 Å². The molecule has 5 heteroatoms. The Kier molecular flexibility index (Phi) is 2.59. The van der Waals surface area contributed by atoms with E-state index >= 15 is 0 Å². The molecule has 2 aromatic heterocycles. The van der Waals surface area contributed by atoms with Crippen molar-refractivity contribution in [3.63, 3.8) is 0 Å². The van der Waals surface area contributed by atoms with Gasteiger partial charge in [0.2, 0.25) is 5.91 Å². The first-order chi connectivity index (χ1) is 8.78. The molecule has 0 bridgehead atoms.